The number of aryl methyl sites for hydroxylation is 1. The lowest BCUT2D eigenvalue weighted by Crippen LogP contribution is -2.23. The van der Waals surface area contributed by atoms with Gasteiger partial charge >= 0.3 is 0 Å². The number of nitrogens with one attached hydrogen (secondary N) is 1. The molecule has 3 nitrogen and oxygen atoms in total. The summed E-state index contributed by atoms with van der Waals surface area (Å²) in [6.45, 7) is 5.56. The molecule has 0 aliphatic heterocycles. The largest absolute Gasteiger partial charge is 0.308 e. The Morgan fingerprint density at radius 1 is 1.47 bits per heavy atom. The lowest BCUT2D eigenvalue weighted by atomic mass is 10.1. The van der Waals surface area contributed by atoms with Gasteiger partial charge in [-0.2, -0.15) is 5.10 Å². The Hall–Kier alpha value is -1.39. The summed E-state index contributed by atoms with van der Waals surface area (Å²) in [7, 11) is 0. The predicted octanol–water partition coefficient (Wildman–Crippen LogP) is 3.33. The first-order chi connectivity index (χ1) is 9.06. The van der Waals surface area contributed by atoms with Crippen molar-refractivity contribution in [3.05, 3.63) is 52.6 Å². The number of hydrogen-bond donors (Lipinski definition) is 1. The summed E-state index contributed by atoms with van der Waals surface area (Å²) >= 11 is 5.67. The molecule has 5 heteroatoms. The minimum Gasteiger partial charge on any atom is -0.308 e. The van der Waals surface area contributed by atoms with Crippen LogP contribution in [0.15, 0.2) is 30.6 Å². The van der Waals surface area contributed by atoms with Crippen molar-refractivity contribution in [2.45, 2.75) is 26.4 Å². The van der Waals surface area contributed by atoms with Crippen molar-refractivity contribution < 1.29 is 4.39 Å². The molecular weight excluding hydrogens is 265 g/mol. The molecule has 0 saturated carbocycles. The van der Waals surface area contributed by atoms with E-state index in [1.54, 1.807) is 6.07 Å². The van der Waals surface area contributed by atoms with Gasteiger partial charge in [0.25, 0.3) is 0 Å². The molecule has 0 radical (unpaired) electrons. The summed E-state index contributed by atoms with van der Waals surface area (Å²) in [4.78, 5) is 0. The van der Waals surface area contributed by atoms with Crippen LogP contribution in [0.5, 0.6) is 0 Å². The summed E-state index contributed by atoms with van der Waals surface area (Å²) < 4.78 is 15.2. The highest BCUT2D eigenvalue weighted by Gasteiger charge is 2.07. The van der Waals surface area contributed by atoms with Gasteiger partial charge in [-0.25, -0.2) is 4.39 Å². The Balaban J connectivity index is 1.86. The number of benzene rings is 1. The van der Waals surface area contributed by atoms with Gasteiger partial charge in [0.15, 0.2) is 0 Å². The van der Waals surface area contributed by atoms with E-state index in [9.17, 15) is 4.39 Å². The zero-order valence-electron chi connectivity index (χ0n) is 11.0. The molecule has 19 heavy (non-hydrogen) atoms. The third-order valence-electron chi connectivity index (χ3n) is 3.00. The smallest absolute Gasteiger partial charge is 0.142 e. The highest BCUT2D eigenvalue weighted by molar-refractivity contribution is 6.30. The predicted molar refractivity (Wildman–Crippen MR) is 74.8 cm³/mol. The van der Waals surface area contributed by atoms with E-state index in [2.05, 4.69) is 10.4 Å². The van der Waals surface area contributed by atoms with E-state index in [0.29, 0.717) is 0 Å². The zero-order valence-corrected chi connectivity index (χ0v) is 11.8. The van der Waals surface area contributed by atoms with E-state index in [1.165, 1.54) is 6.07 Å². The van der Waals surface area contributed by atoms with Gasteiger partial charge in [0, 0.05) is 18.8 Å². The summed E-state index contributed by atoms with van der Waals surface area (Å²) in [5.41, 5.74) is 2.03. The van der Waals surface area contributed by atoms with Crippen LogP contribution in [0.3, 0.4) is 0 Å². The second-order valence-corrected chi connectivity index (χ2v) is 5.04. The van der Waals surface area contributed by atoms with Gasteiger partial charge in [0.2, 0.25) is 0 Å². The number of rotatable bonds is 5. The Morgan fingerprint density at radius 3 is 2.89 bits per heavy atom. The van der Waals surface area contributed by atoms with E-state index in [4.69, 9.17) is 11.6 Å². The molecule has 0 amide bonds. The van der Waals surface area contributed by atoms with Crippen molar-refractivity contribution in [1.29, 1.82) is 0 Å². The van der Waals surface area contributed by atoms with Gasteiger partial charge in [-0.3, -0.25) is 4.68 Å². The van der Waals surface area contributed by atoms with Crippen LogP contribution < -0.4 is 5.32 Å². The molecule has 0 aliphatic carbocycles. The molecule has 1 aromatic heterocycles. The van der Waals surface area contributed by atoms with Crippen LogP contribution in [-0.2, 0) is 6.54 Å². The number of nitrogens with zero attached hydrogens (tertiary/aromatic N) is 2. The van der Waals surface area contributed by atoms with Crippen molar-refractivity contribution >= 4 is 11.6 Å². The minimum absolute atomic E-state index is 0.0726. The quantitative estimate of drug-likeness (QED) is 0.911. The molecule has 0 spiro atoms. The van der Waals surface area contributed by atoms with E-state index < -0.39 is 0 Å². The van der Waals surface area contributed by atoms with Crippen molar-refractivity contribution in [3.63, 3.8) is 0 Å². The molecule has 2 rings (SSSR count). The van der Waals surface area contributed by atoms with Gasteiger partial charge in [0.1, 0.15) is 5.82 Å². The maximum Gasteiger partial charge on any atom is 0.142 e. The lowest BCUT2D eigenvalue weighted by molar-refractivity contribution is 0.505. The third kappa shape index (κ3) is 3.78. The molecule has 1 atom stereocenters. The first kappa shape index (κ1) is 14.0. The fraction of sp³-hybridized carbons (Fsp3) is 0.357. The maximum atomic E-state index is 13.4. The first-order valence-electron chi connectivity index (χ1n) is 6.23. The van der Waals surface area contributed by atoms with Crippen LogP contribution >= 0.6 is 11.6 Å². The second kappa shape index (κ2) is 6.17. The average molecular weight is 282 g/mol. The Morgan fingerprint density at radius 2 is 2.26 bits per heavy atom. The Bertz CT molecular complexity index is 553. The van der Waals surface area contributed by atoms with Gasteiger partial charge in [-0.15, -0.1) is 0 Å². The van der Waals surface area contributed by atoms with Crippen LogP contribution in [0.4, 0.5) is 4.39 Å². The van der Waals surface area contributed by atoms with E-state index in [-0.39, 0.29) is 16.9 Å². The summed E-state index contributed by atoms with van der Waals surface area (Å²) in [5, 5.41) is 7.70. The minimum atomic E-state index is -0.379. The van der Waals surface area contributed by atoms with Crippen LogP contribution in [0.25, 0.3) is 0 Å². The second-order valence-electron chi connectivity index (χ2n) is 4.63. The molecular formula is C14H17ClFN3. The molecule has 1 heterocycles. The molecule has 0 saturated heterocycles. The van der Waals surface area contributed by atoms with Crippen LogP contribution in [0.2, 0.25) is 5.02 Å². The number of halogens is 2. The van der Waals surface area contributed by atoms with E-state index >= 15 is 0 Å². The number of aromatic nitrogens is 2. The monoisotopic (exact) mass is 281 g/mol. The van der Waals surface area contributed by atoms with Crippen LogP contribution in [-0.4, -0.2) is 16.3 Å². The van der Waals surface area contributed by atoms with Gasteiger partial charge < -0.3 is 5.32 Å². The topological polar surface area (TPSA) is 29.9 Å². The molecule has 0 fully saturated rings. The SMILES string of the molecule is Cc1cnn(CCNC(C)c2ccc(Cl)c(F)c2)c1. The van der Waals surface area contributed by atoms with Crippen molar-refractivity contribution in [3.8, 4) is 0 Å². The summed E-state index contributed by atoms with van der Waals surface area (Å²) in [6, 6.07) is 4.96. The van der Waals surface area contributed by atoms with Crippen molar-refractivity contribution in [1.82, 2.24) is 15.1 Å². The highest BCUT2D eigenvalue weighted by Crippen LogP contribution is 2.19. The molecule has 0 bridgehead atoms. The van der Waals surface area contributed by atoms with Gasteiger partial charge in [-0.05, 0) is 37.1 Å². The van der Waals surface area contributed by atoms with Crippen molar-refractivity contribution in [2.24, 2.45) is 0 Å². The molecule has 102 valence electrons. The summed E-state index contributed by atoms with van der Waals surface area (Å²) in [6.07, 6.45) is 3.83. The van der Waals surface area contributed by atoms with E-state index in [0.717, 1.165) is 24.2 Å². The molecule has 1 unspecified atom stereocenters. The van der Waals surface area contributed by atoms with Gasteiger partial charge in [0.05, 0.1) is 17.8 Å². The average Bonchev–Trinajstić information content (AvgIpc) is 2.78. The molecule has 1 aromatic carbocycles. The van der Waals surface area contributed by atoms with Crippen LogP contribution in [0, 0.1) is 12.7 Å². The molecule has 0 aliphatic rings. The van der Waals surface area contributed by atoms with Crippen molar-refractivity contribution in [2.75, 3.05) is 6.54 Å². The molecule has 1 N–H and O–H groups in total. The number of hydrogen-bond acceptors (Lipinski definition) is 2. The highest BCUT2D eigenvalue weighted by atomic mass is 35.5. The molecule has 2 aromatic rings. The fourth-order valence-corrected chi connectivity index (χ4v) is 2.00. The zero-order chi connectivity index (χ0) is 13.8. The standard InChI is InChI=1S/C14H17ClFN3/c1-10-8-18-19(9-10)6-5-17-11(2)12-3-4-13(15)14(16)7-12/h3-4,7-9,11,17H,5-6H2,1-2H3. The van der Waals surface area contributed by atoms with Crippen LogP contribution in [0.1, 0.15) is 24.1 Å². The Kier molecular flexibility index (Phi) is 4.56. The summed E-state index contributed by atoms with van der Waals surface area (Å²) in [5.74, 6) is -0.379. The third-order valence-corrected chi connectivity index (χ3v) is 3.30. The normalized spacial score (nSPS) is 12.6. The Labute approximate surface area is 117 Å². The fourth-order valence-electron chi connectivity index (χ4n) is 1.88. The van der Waals surface area contributed by atoms with E-state index in [1.807, 2.05) is 37.0 Å². The lowest BCUT2D eigenvalue weighted by Gasteiger charge is -2.14. The maximum absolute atomic E-state index is 13.4. The first-order valence-corrected chi connectivity index (χ1v) is 6.61. The van der Waals surface area contributed by atoms with Gasteiger partial charge in [-0.1, -0.05) is 17.7 Å².